The number of pyridine rings is 1. The number of rotatable bonds is 2. The van der Waals surface area contributed by atoms with E-state index in [0.717, 1.165) is 49.1 Å². The van der Waals surface area contributed by atoms with Gasteiger partial charge in [0.2, 0.25) is 0 Å². The van der Waals surface area contributed by atoms with Gasteiger partial charge in [0.25, 0.3) is 5.56 Å². The molecule has 4 rings (SSSR count). The molecule has 25 heavy (non-hydrogen) atoms. The van der Waals surface area contributed by atoms with Crippen molar-refractivity contribution in [3.05, 3.63) is 58.4 Å². The summed E-state index contributed by atoms with van der Waals surface area (Å²) >= 11 is 0. The third-order valence-electron chi connectivity index (χ3n) is 4.77. The number of aryl methyl sites for hydroxylation is 1. The van der Waals surface area contributed by atoms with E-state index < -0.39 is 0 Å². The average Bonchev–Trinajstić information content (AvgIpc) is 2.64. The minimum Gasteiger partial charge on any atom is -0.353 e. The second-order valence-electron chi connectivity index (χ2n) is 6.26. The van der Waals surface area contributed by atoms with Crippen molar-refractivity contribution in [1.82, 2.24) is 19.4 Å². The van der Waals surface area contributed by atoms with Crippen LogP contribution in [-0.2, 0) is 0 Å². The van der Waals surface area contributed by atoms with E-state index >= 15 is 0 Å². The van der Waals surface area contributed by atoms with Gasteiger partial charge in [0.05, 0.1) is 0 Å². The fourth-order valence-corrected chi connectivity index (χ4v) is 3.19. The summed E-state index contributed by atoms with van der Waals surface area (Å²) in [7, 11) is 0. The summed E-state index contributed by atoms with van der Waals surface area (Å²) in [6.45, 7) is 7.35. The van der Waals surface area contributed by atoms with E-state index in [1.165, 1.54) is 0 Å². The fraction of sp³-hybridized carbons (Fsp3) is 0.333. The van der Waals surface area contributed by atoms with Gasteiger partial charge >= 0.3 is 0 Å². The van der Waals surface area contributed by atoms with Crippen molar-refractivity contribution in [2.24, 2.45) is 0 Å². The van der Waals surface area contributed by atoms with E-state index in [1.807, 2.05) is 25.1 Å². The molecule has 0 aromatic carbocycles. The Kier molecular flexibility index (Phi) is 3.83. The summed E-state index contributed by atoms with van der Waals surface area (Å²) < 4.78 is 1.56. The highest BCUT2D eigenvalue weighted by Gasteiger charge is 2.21. The first-order valence-corrected chi connectivity index (χ1v) is 8.40. The van der Waals surface area contributed by atoms with Gasteiger partial charge in [-0.3, -0.25) is 9.20 Å². The van der Waals surface area contributed by atoms with Gasteiger partial charge < -0.3 is 9.80 Å². The molecule has 0 saturated carbocycles. The number of hydrogen-bond acceptors (Lipinski definition) is 6. The number of nitrogens with zero attached hydrogens (tertiary/aromatic N) is 6. The minimum atomic E-state index is -0.0506. The maximum Gasteiger partial charge on any atom is 0.259 e. The van der Waals surface area contributed by atoms with Crippen LogP contribution in [0.1, 0.15) is 11.3 Å². The SMILES string of the molecule is Cc1ncnc(N2CCN(c3cc(=O)n4ccccc4n3)CC2)c1C. The van der Waals surface area contributed by atoms with E-state index in [1.54, 1.807) is 23.0 Å². The maximum absolute atomic E-state index is 12.3. The van der Waals surface area contributed by atoms with Gasteiger partial charge in [-0.1, -0.05) is 6.07 Å². The molecule has 0 atom stereocenters. The van der Waals surface area contributed by atoms with Crippen LogP contribution in [0.5, 0.6) is 0 Å². The molecule has 3 aromatic rings. The van der Waals surface area contributed by atoms with Gasteiger partial charge in [0.15, 0.2) is 0 Å². The molecule has 0 amide bonds. The molecule has 1 aliphatic heterocycles. The molecular formula is C18H20N6O. The highest BCUT2D eigenvalue weighted by Crippen LogP contribution is 2.21. The molecule has 1 aliphatic rings. The van der Waals surface area contributed by atoms with Crippen molar-refractivity contribution in [2.75, 3.05) is 36.0 Å². The molecule has 7 nitrogen and oxygen atoms in total. The smallest absolute Gasteiger partial charge is 0.259 e. The zero-order valence-electron chi connectivity index (χ0n) is 14.4. The van der Waals surface area contributed by atoms with Crippen molar-refractivity contribution in [1.29, 1.82) is 0 Å². The molecule has 128 valence electrons. The van der Waals surface area contributed by atoms with E-state index in [9.17, 15) is 4.79 Å². The van der Waals surface area contributed by atoms with E-state index in [-0.39, 0.29) is 5.56 Å². The van der Waals surface area contributed by atoms with Crippen LogP contribution >= 0.6 is 0 Å². The first-order valence-electron chi connectivity index (χ1n) is 8.40. The van der Waals surface area contributed by atoms with Crippen LogP contribution in [0.2, 0.25) is 0 Å². The quantitative estimate of drug-likeness (QED) is 0.705. The van der Waals surface area contributed by atoms with Gasteiger partial charge in [-0.25, -0.2) is 15.0 Å². The lowest BCUT2D eigenvalue weighted by Gasteiger charge is -2.36. The van der Waals surface area contributed by atoms with Crippen LogP contribution in [-0.4, -0.2) is 45.5 Å². The molecule has 0 aliphatic carbocycles. The van der Waals surface area contributed by atoms with Crippen molar-refractivity contribution in [3.8, 4) is 0 Å². The second kappa shape index (κ2) is 6.16. The normalized spacial score (nSPS) is 15.0. The third kappa shape index (κ3) is 2.82. The molecule has 0 spiro atoms. The molecule has 7 heteroatoms. The lowest BCUT2D eigenvalue weighted by Crippen LogP contribution is -2.47. The van der Waals surface area contributed by atoms with Gasteiger partial charge in [-0.15, -0.1) is 0 Å². The predicted molar refractivity (Wildman–Crippen MR) is 97.4 cm³/mol. The molecule has 1 saturated heterocycles. The Morgan fingerprint density at radius 2 is 1.76 bits per heavy atom. The van der Waals surface area contributed by atoms with Crippen LogP contribution in [0.25, 0.3) is 5.65 Å². The Balaban J connectivity index is 1.56. The Bertz CT molecular complexity index is 975. The monoisotopic (exact) mass is 336 g/mol. The number of anilines is 2. The highest BCUT2D eigenvalue weighted by atomic mass is 16.1. The largest absolute Gasteiger partial charge is 0.353 e. The molecule has 1 fully saturated rings. The Labute approximate surface area is 145 Å². The highest BCUT2D eigenvalue weighted by molar-refractivity contribution is 5.52. The van der Waals surface area contributed by atoms with Crippen molar-refractivity contribution < 1.29 is 0 Å². The first-order chi connectivity index (χ1) is 12.1. The lowest BCUT2D eigenvalue weighted by molar-refractivity contribution is 0.638. The molecule has 3 aromatic heterocycles. The number of piperazine rings is 1. The van der Waals surface area contributed by atoms with E-state index in [2.05, 4.69) is 31.7 Å². The Hall–Kier alpha value is -2.96. The van der Waals surface area contributed by atoms with Gasteiger partial charge in [0.1, 0.15) is 23.6 Å². The third-order valence-corrected chi connectivity index (χ3v) is 4.77. The summed E-state index contributed by atoms with van der Waals surface area (Å²) in [6, 6.07) is 7.20. The average molecular weight is 336 g/mol. The van der Waals surface area contributed by atoms with Crippen LogP contribution < -0.4 is 15.4 Å². The summed E-state index contributed by atoms with van der Waals surface area (Å²) in [5, 5.41) is 0. The fourth-order valence-electron chi connectivity index (χ4n) is 3.19. The Morgan fingerprint density at radius 1 is 1.00 bits per heavy atom. The number of fused-ring (bicyclic) bond motifs is 1. The van der Waals surface area contributed by atoms with Crippen molar-refractivity contribution >= 4 is 17.3 Å². The summed E-state index contributed by atoms with van der Waals surface area (Å²) in [5.41, 5.74) is 2.76. The van der Waals surface area contributed by atoms with Crippen LogP contribution in [0.3, 0.4) is 0 Å². The van der Waals surface area contributed by atoms with Crippen molar-refractivity contribution in [2.45, 2.75) is 13.8 Å². The van der Waals surface area contributed by atoms with E-state index in [0.29, 0.717) is 5.65 Å². The first kappa shape index (κ1) is 15.6. The predicted octanol–water partition coefficient (Wildman–Crippen LogP) is 1.43. The molecule has 0 radical (unpaired) electrons. The van der Waals surface area contributed by atoms with Gasteiger partial charge in [-0.2, -0.15) is 0 Å². The van der Waals surface area contributed by atoms with Crippen LogP contribution in [0, 0.1) is 13.8 Å². The topological polar surface area (TPSA) is 66.6 Å². The summed E-state index contributed by atoms with van der Waals surface area (Å²) in [5.74, 6) is 1.74. The summed E-state index contributed by atoms with van der Waals surface area (Å²) in [6.07, 6.45) is 3.36. The van der Waals surface area contributed by atoms with Gasteiger partial charge in [0, 0.05) is 49.7 Å². The molecule has 0 bridgehead atoms. The van der Waals surface area contributed by atoms with Crippen molar-refractivity contribution in [3.63, 3.8) is 0 Å². The van der Waals surface area contributed by atoms with Gasteiger partial charge in [-0.05, 0) is 26.0 Å². The lowest BCUT2D eigenvalue weighted by atomic mass is 10.2. The zero-order valence-corrected chi connectivity index (χ0v) is 14.4. The second-order valence-corrected chi connectivity index (χ2v) is 6.26. The van der Waals surface area contributed by atoms with Crippen LogP contribution in [0.15, 0.2) is 41.6 Å². The molecular weight excluding hydrogens is 316 g/mol. The van der Waals surface area contributed by atoms with E-state index in [4.69, 9.17) is 0 Å². The number of hydrogen-bond donors (Lipinski definition) is 0. The molecule has 4 heterocycles. The standard InChI is InChI=1S/C18H20N6O/c1-13-14(2)19-12-20-18(13)23-9-7-22(8-10-23)16-11-17(25)24-6-4-3-5-15(24)21-16/h3-6,11-12H,7-10H2,1-2H3. The minimum absolute atomic E-state index is 0.0506. The number of aromatic nitrogens is 4. The maximum atomic E-state index is 12.3. The Morgan fingerprint density at radius 3 is 2.56 bits per heavy atom. The summed E-state index contributed by atoms with van der Waals surface area (Å²) in [4.78, 5) is 30.0. The zero-order chi connectivity index (χ0) is 17.4. The van der Waals surface area contributed by atoms with Crippen LogP contribution in [0.4, 0.5) is 11.6 Å². The molecule has 0 N–H and O–H groups in total. The molecule has 0 unspecified atom stereocenters.